The summed E-state index contributed by atoms with van der Waals surface area (Å²) in [5.41, 5.74) is 14.6. The molecule has 9 aromatic carbocycles. The van der Waals surface area contributed by atoms with E-state index in [4.69, 9.17) is 9.97 Å². The number of hydrogen-bond acceptors (Lipinski definition) is 2. The zero-order valence-corrected chi connectivity index (χ0v) is 30.1. The number of hydrogen-bond donors (Lipinski definition) is 0. The minimum atomic E-state index is 0.826. The molecular formula is C52H30N4. The molecular weight excluding hydrogens is 681 g/mol. The second-order valence-electron chi connectivity index (χ2n) is 14.9. The van der Waals surface area contributed by atoms with Crippen LogP contribution < -0.4 is 0 Å². The number of para-hydroxylation sites is 5. The van der Waals surface area contributed by atoms with Crippen LogP contribution in [-0.2, 0) is 0 Å². The van der Waals surface area contributed by atoms with Crippen molar-refractivity contribution in [1.29, 1.82) is 0 Å². The third-order valence-electron chi connectivity index (χ3n) is 12.0. The number of nitrogens with zero attached hydrogens (tertiary/aromatic N) is 4. The Bertz CT molecular complexity index is 3580. The first-order chi connectivity index (χ1) is 27.8. The Labute approximate surface area is 321 Å². The van der Waals surface area contributed by atoms with Gasteiger partial charge in [0.05, 0.1) is 33.1 Å². The van der Waals surface area contributed by atoms with Crippen molar-refractivity contribution < 1.29 is 0 Å². The zero-order chi connectivity index (χ0) is 36.5. The van der Waals surface area contributed by atoms with Gasteiger partial charge < -0.3 is 4.57 Å². The molecule has 0 saturated carbocycles. The molecule has 56 heavy (non-hydrogen) atoms. The largest absolute Gasteiger partial charge is 0.309 e. The number of benzene rings is 9. The van der Waals surface area contributed by atoms with Gasteiger partial charge in [0.1, 0.15) is 5.69 Å². The van der Waals surface area contributed by atoms with E-state index in [9.17, 15) is 0 Å². The minimum absolute atomic E-state index is 0.826. The van der Waals surface area contributed by atoms with E-state index in [1.54, 1.807) is 0 Å². The molecule has 4 heteroatoms. The van der Waals surface area contributed by atoms with Gasteiger partial charge in [-0.25, -0.2) is 9.97 Å². The predicted molar refractivity (Wildman–Crippen MR) is 233 cm³/mol. The summed E-state index contributed by atoms with van der Waals surface area (Å²) in [5.74, 6) is 0.826. The first kappa shape index (κ1) is 29.8. The molecule has 0 spiro atoms. The van der Waals surface area contributed by atoms with E-state index in [1.165, 1.54) is 76.4 Å². The Kier molecular flexibility index (Phi) is 5.86. The number of rotatable bonds is 3. The average molecular weight is 711 g/mol. The molecule has 12 aromatic rings. The van der Waals surface area contributed by atoms with Crippen molar-refractivity contribution in [3.05, 3.63) is 182 Å². The Hall–Kier alpha value is -7.56. The SMILES string of the molecule is c1ccc2c(c1)-c1cccc3c(-c4nc5ccccc5nc4-n4c5ccccc5c5cc6cc(-n7c8ccccc8c8ccccc87)ccc6cc54)ccc-2c13. The Morgan fingerprint density at radius 1 is 0.321 bits per heavy atom. The lowest BCUT2D eigenvalue weighted by Crippen LogP contribution is -2.04. The smallest absolute Gasteiger partial charge is 0.165 e. The second kappa shape index (κ2) is 11.0. The predicted octanol–water partition coefficient (Wildman–Crippen LogP) is 13.4. The highest BCUT2D eigenvalue weighted by Crippen LogP contribution is 2.50. The third-order valence-corrected chi connectivity index (χ3v) is 12.0. The monoisotopic (exact) mass is 710 g/mol. The number of aromatic nitrogens is 4. The maximum Gasteiger partial charge on any atom is 0.165 e. The van der Waals surface area contributed by atoms with Crippen molar-refractivity contribution in [2.45, 2.75) is 0 Å². The van der Waals surface area contributed by atoms with E-state index in [0.29, 0.717) is 0 Å². The normalized spacial score (nSPS) is 12.3. The van der Waals surface area contributed by atoms with E-state index >= 15 is 0 Å². The summed E-state index contributed by atoms with van der Waals surface area (Å²) >= 11 is 0. The van der Waals surface area contributed by atoms with Crippen LogP contribution in [0.15, 0.2) is 182 Å². The van der Waals surface area contributed by atoms with Crippen LogP contribution in [0.25, 0.3) is 121 Å². The van der Waals surface area contributed by atoms with Crippen molar-refractivity contribution in [3.8, 4) is 45.0 Å². The second-order valence-corrected chi connectivity index (χ2v) is 14.9. The summed E-state index contributed by atoms with van der Waals surface area (Å²) < 4.78 is 4.74. The summed E-state index contributed by atoms with van der Waals surface area (Å²) in [6.45, 7) is 0. The standard InChI is InChI=1S/C52H30N4/c1-2-13-35-34(12-1)39-17-11-18-40-42(27-26-41(35)50(39)40)51-52(54-45-20-7-6-19-44(45)53-51)56-48-23-10-5-16-38(48)43-29-32-28-33(25-24-31(32)30-49(43)56)55-46-21-8-3-14-36(46)37-15-4-9-22-47(37)55/h1-30H. The fraction of sp³-hybridized carbons (Fsp3) is 0. The minimum Gasteiger partial charge on any atom is -0.309 e. The molecule has 0 unspecified atom stereocenters. The molecule has 3 aromatic heterocycles. The van der Waals surface area contributed by atoms with Gasteiger partial charge in [0.25, 0.3) is 0 Å². The highest BCUT2D eigenvalue weighted by molar-refractivity contribution is 6.20. The molecule has 0 radical (unpaired) electrons. The topological polar surface area (TPSA) is 35.6 Å². The van der Waals surface area contributed by atoms with Crippen molar-refractivity contribution in [1.82, 2.24) is 19.1 Å². The lowest BCUT2D eigenvalue weighted by atomic mass is 9.96. The van der Waals surface area contributed by atoms with E-state index < -0.39 is 0 Å². The van der Waals surface area contributed by atoms with Crippen LogP contribution >= 0.6 is 0 Å². The van der Waals surface area contributed by atoms with Crippen molar-refractivity contribution in [3.63, 3.8) is 0 Å². The van der Waals surface area contributed by atoms with Gasteiger partial charge in [-0.2, -0.15) is 0 Å². The van der Waals surface area contributed by atoms with Crippen molar-refractivity contribution in [2.75, 3.05) is 0 Å². The molecule has 4 nitrogen and oxygen atoms in total. The molecule has 0 atom stereocenters. The van der Waals surface area contributed by atoms with Crippen LogP contribution in [0.5, 0.6) is 0 Å². The molecule has 1 aliphatic carbocycles. The Balaban J connectivity index is 1.09. The zero-order valence-electron chi connectivity index (χ0n) is 30.1. The average Bonchev–Trinajstić information content (AvgIpc) is 3.89. The molecule has 3 heterocycles. The quantitative estimate of drug-likeness (QED) is 0.183. The maximum atomic E-state index is 5.48. The molecule has 0 amide bonds. The first-order valence-corrected chi connectivity index (χ1v) is 19.2. The van der Waals surface area contributed by atoms with Crippen LogP contribution in [0, 0.1) is 0 Å². The van der Waals surface area contributed by atoms with Gasteiger partial charge in [0.15, 0.2) is 5.82 Å². The lowest BCUT2D eigenvalue weighted by molar-refractivity contribution is 1.08. The Morgan fingerprint density at radius 2 is 0.875 bits per heavy atom. The van der Waals surface area contributed by atoms with Gasteiger partial charge in [0.2, 0.25) is 0 Å². The highest BCUT2D eigenvalue weighted by Gasteiger charge is 2.26. The molecule has 0 N–H and O–H groups in total. The van der Waals surface area contributed by atoms with Gasteiger partial charge in [-0.1, -0.05) is 127 Å². The van der Waals surface area contributed by atoms with Crippen molar-refractivity contribution >= 4 is 76.2 Å². The molecule has 1 aliphatic rings. The highest BCUT2D eigenvalue weighted by atomic mass is 15.1. The Morgan fingerprint density at radius 3 is 1.61 bits per heavy atom. The van der Waals surface area contributed by atoms with Crippen LogP contribution in [0.3, 0.4) is 0 Å². The maximum absolute atomic E-state index is 5.48. The first-order valence-electron chi connectivity index (χ1n) is 19.2. The fourth-order valence-electron chi connectivity index (χ4n) is 9.61. The molecule has 258 valence electrons. The van der Waals surface area contributed by atoms with Gasteiger partial charge in [-0.15, -0.1) is 0 Å². The van der Waals surface area contributed by atoms with Gasteiger partial charge in [0, 0.05) is 32.8 Å². The van der Waals surface area contributed by atoms with E-state index in [-0.39, 0.29) is 0 Å². The van der Waals surface area contributed by atoms with E-state index in [2.05, 4.69) is 179 Å². The van der Waals surface area contributed by atoms with Crippen LogP contribution in [0.4, 0.5) is 0 Å². The summed E-state index contributed by atoms with van der Waals surface area (Å²) in [5, 5.41) is 9.72. The summed E-state index contributed by atoms with van der Waals surface area (Å²) in [6.07, 6.45) is 0. The molecule has 0 fully saturated rings. The molecule has 0 aliphatic heterocycles. The van der Waals surface area contributed by atoms with Crippen molar-refractivity contribution in [2.24, 2.45) is 0 Å². The lowest BCUT2D eigenvalue weighted by Gasteiger charge is -2.16. The van der Waals surface area contributed by atoms with E-state index in [0.717, 1.165) is 44.8 Å². The van der Waals surface area contributed by atoms with E-state index in [1.807, 2.05) is 12.1 Å². The van der Waals surface area contributed by atoms with Gasteiger partial charge in [-0.05, 0) is 98.4 Å². The van der Waals surface area contributed by atoms with Crippen LogP contribution in [-0.4, -0.2) is 19.1 Å². The van der Waals surface area contributed by atoms with Gasteiger partial charge >= 0.3 is 0 Å². The molecule has 13 rings (SSSR count). The summed E-state index contributed by atoms with van der Waals surface area (Å²) in [7, 11) is 0. The molecule has 0 bridgehead atoms. The van der Waals surface area contributed by atoms with Crippen LogP contribution in [0.1, 0.15) is 0 Å². The fourth-order valence-corrected chi connectivity index (χ4v) is 9.61. The number of fused-ring (bicyclic) bond motifs is 11. The summed E-state index contributed by atoms with van der Waals surface area (Å²) in [6, 6.07) is 65.9. The van der Waals surface area contributed by atoms with Crippen LogP contribution in [0.2, 0.25) is 0 Å². The molecule has 0 saturated heterocycles. The summed E-state index contributed by atoms with van der Waals surface area (Å²) in [4.78, 5) is 10.9. The third kappa shape index (κ3) is 3.97. The van der Waals surface area contributed by atoms with Gasteiger partial charge in [-0.3, -0.25) is 4.57 Å².